The highest BCUT2D eigenvalue weighted by atomic mass is 14.1. The number of hydrogen-bond acceptors (Lipinski definition) is 0. The molecule has 0 aromatic rings. The van der Waals surface area contributed by atoms with Gasteiger partial charge in [0.25, 0.3) is 0 Å². The number of rotatable bonds is 8. The summed E-state index contributed by atoms with van der Waals surface area (Å²) in [5.41, 5.74) is 1.31. The Hall–Kier alpha value is -0.520. The normalized spacial score (nSPS) is 15.5. The summed E-state index contributed by atoms with van der Waals surface area (Å²) < 4.78 is 0. The lowest BCUT2D eigenvalue weighted by molar-refractivity contribution is 0.463. The van der Waals surface area contributed by atoms with Crippen LogP contribution in [0.2, 0.25) is 0 Å². The summed E-state index contributed by atoms with van der Waals surface area (Å²) in [6.45, 7) is 13.0. The Morgan fingerprint density at radius 3 is 2.53 bits per heavy atom. The number of hydrogen-bond donors (Lipinski definition) is 0. The lowest BCUT2D eigenvalue weighted by Gasteiger charge is -2.14. The smallest absolute Gasteiger partial charge is 0.0259 e. The van der Waals surface area contributed by atoms with Crippen LogP contribution in [-0.4, -0.2) is 0 Å². The van der Waals surface area contributed by atoms with Gasteiger partial charge >= 0.3 is 0 Å². The molecule has 0 fully saturated rings. The van der Waals surface area contributed by atoms with E-state index in [1.54, 1.807) is 0 Å². The maximum Gasteiger partial charge on any atom is -0.0259 e. The van der Waals surface area contributed by atoms with Crippen molar-refractivity contribution in [2.24, 2.45) is 11.8 Å². The van der Waals surface area contributed by atoms with E-state index in [-0.39, 0.29) is 0 Å². The fourth-order valence-electron chi connectivity index (χ4n) is 2.04. The van der Waals surface area contributed by atoms with E-state index in [1.807, 2.05) is 0 Å². The summed E-state index contributed by atoms with van der Waals surface area (Å²) in [5.74, 6) is 1.49. The predicted octanol–water partition coefficient (Wildman–Crippen LogP) is 5.36. The van der Waals surface area contributed by atoms with Gasteiger partial charge in [0.1, 0.15) is 0 Å². The van der Waals surface area contributed by atoms with Gasteiger partial charge in [0.15, 0.2) is 0 Å². The van der Waals surface area contributed by atoms with Crippen LogP contribution in [0.1, 0.15) is 59.8 Å². The Labute approximate surface area is 96.5 Å². The third kappa shape index (κ3) is 9.78. The average molecular weight is 208 g/mol. The molecule has 0 saturated carbocycles. The topological polar surface area (TPSA) is 0 Å². The summed E-state index contributed by atoms with van der Waals surface area (Å²) in [4.78, 5) is 0. The standard InChI is InChI=1S/C15H28/c1-6-7-8-9-10-14(4)12-15(5)11-13(2)3/h9-10,14-15H,2,6-8,11-12H2,1,3-5H3. The Bertz CT molecular complexity index is 188. The fourth-order valence-corrected chi connectivity index (χ4v) is 2.04. The van der Waals surface area contributed by atoms with Gasteiger partial charge in [-0.3, -0.25) is 0 Å². The molecule has 0 aromatic carbocycles. The van der Waals surface area contributed by atoms with Gasteiger partial charge in [0.05, 0.1) is 0 Å². The second-order valence-corrected chi connectivity index (χ2v) is 5.05. The maximum atomic E-state index is 3.97. The molecule has 0 aliphatic carbocycles. The summed E-state index contributed by atoms with van der Waals surface area (Å²) in [6, 6.07) is 0. The largest absolute Gasteiger partial charge is 0.100 e. The van der Waals surface area contributed by atoms with Crippen LogP contribution in [0.5, 0.6) is 0 Å². The molecule has 0 heteroatoms. The van der Waals surface area contributed by atoms with Crippen LogP contribution < -0.4 is 0 Å². The first-order valence-corrected chi connectivity index (χ1v) is 6.37. The Kier molecular flexibility index (Phi) is 8.46. The molecule has 0 nitrogen and oxygen atoms in total. The van der Waals surface area contributed by atoms with Crippen LogP contribution in [0.4, 0.5) is 0 Å². The SMILES string of the molecule is C=C(C)CC(C)CC(C)C=CCCCC. The van der Waals surface area contributed by atoms with Gasteiger partial charge in [-0.15, -0.1) is 6.58 Å². The molecule has 0 heterocycles. The molecule has 2 unspecified atom stereocenters. The minimum absolute atomic E-state index is 0.719. The van der Waals surface area contributed by atoms with Crippen molar-refractivity contribution in [2.45, 2.75) is 59.8 Å². The van der Waals surface area contributed by atoms with Crippen LogP contribution in [0.15, 0.2) is 24.3 Å². The third-order valence-corrected chi connectivity index (χ3v) is 2.66. The molecule has 0 aliphatic heterocycles. The second-order valence-electron chi connectivity index (χ2n) is 5.05. The van der Waals surface area contributed by atoms with E-state index in [0.29, 0.717) is 0 Å². The average Bonchev–Trinajstić information content (AvgIpc) is 2.10. The molecule has 0 aromatic heterocycles. The molecular formula is C15H28. The van der Waals surface area contributed by atoms with Crippen molar-refractivity contribution in [3.8, 4) is 0 Å². The molecule has 0 rings (SSSR count). The van der Waals surface area contributed by atoms with Crippen LogP contribution in [-0.2, 0) is 0 Å². The van der Waals surface area contributed by atoms with Crippen molar-refractivity contribution in [3.05, 3.63) is 24.3 Å². The molecule has 0 spiro atoms. The van der Waals surface area contributed by atoms with Crippen LogP contribution in [0, 0.1) is 11.8 Å². The van der Waals surface area contributed by atoms with E-state index in [0.717, 1.165) is 11.8 Å². The van der Waals surface area contributed by atoms with E-state index < -0.39 is 0 Å². The van der Waals surface area contributed by atoms with Crippen molar-refractivity contribution in [1.82, 2.24) is 0 Å². The molecule has 2 atom stereocenters. The fraction of sp³-hybridized carbons (Fsp3) is 0.733. The summed E-state index contributed by atoms with van der Waals surface area (Å²) in [7, 11) is 0. The maximum absolute atomic E-state index is 3.97. The molecule has 88 valence electrons. The van der Waals surface area contributed by atoms with E-state index in [2.05, 4.69) is 46.4 Å². The minimum atomic E-state index is 0.719. The van der Waals surface area contributed by atoms with Gasteiger partial charge in [-0.1, -0.05) is 51.3 Å². The van der Waals surface area contributed by atoms with Crippen molar-refractivity contribution >= 4 is 0 Å². The quantitative estimate of drug-likeness (QED) is 0.372. The predicted molar refractivity (Wildman–Crippen MR) is 71.0 cm³/mol. The van der Waals surface area contributed by atoms with E-state index in [4.69, 9.17) is 0 Å². The van der Waals surface area contributed by atoms with E-state index in [9.17, 15) is 0 Å². The lowest BCUT2D eigenvalue weighted by Crippen LogP contribution is -2.01. The third-order valence-electron chi connectivity index (χ3n) is 2.66. The first kappa shape index (κ1) is 14.5. The van der Waals surface area contributed by atoms with Gasteiger partial charge in [0.2, 0.25) is 0 Å². The molecule has 0 saturated heterocycles. The van der Waals surface area contributed by atoms with Gasteiger partial charge in [-0.25, -0.2) is 0 Å². The van der Waals surface area contributed by atoms with Gasteiger partial charge in [0, 0.05) is 0 Å². The highest BCUT2D eigenvalue weighted by Gasteiger charge is 2.05. The molecule has 0 bridgehead atoms. The Morgan fingerprint density at radius 1 is 1.33 bits per heavy atom. The molecule has 0 aliphatic rings. The number of unbranched alkanes of at least 4 members (excludes halogenated alkanes) is 2. The Morgan fingerprint density at radius 2 is 2.00 bits per heavy atom. The molecule has 0 N–H and O–H groups in total. The van der Waals surface area contributed by atoms with Crippen molar-refractivity contribution < 1.29 is 0 Å². The molecule has 0 amide bonds. The van der Waals surface area contributed by atoms with E-state index >= 15 is 0 Å². The zero-order valence-electron chi connectivity index (χ0n) is 11.1. The highest BCUT2D eigenvalue weighted by molar-refractivity contribution is 4.92. The van der Waals surface area contributed by atoms with Gasteiger partial charge in [-0.05, 0) is 38.0 Å². The van der Waals surface area contributed by atoms with Crippen molar-refractivity contribution in [2.75, 3.05) is 0 Å². The van der Waals surface area contributed by atoms with Crippen LogP contribution in [0.3, 0.4) is 0 Å². The van der Waals surface area contributed by atoms with Gasteiger partial charge < -0.3 is 0 Å². The van der Waals surface area contributed by atoms with Crippen LogP contribution >= 0.6 is 0 Å². The first-order valence-electron chi connectivity index (χ1n) is 6.37. The Balaban J connectivity index is 3.67. The molecule has 15 heavy (non-hydrogen) atoms. The first-order chi connectivity index (χ1) is 7.06. The zero-order chi connectivity index (χ0) is 11.7. The van der Waals surface area contributed by atoms with Crippen molar-refractivity contribution in [3.63, 3.8) is 0 Å². The lowest BCUT2D eigenvalue weighted by atomic mass is 9.92. The highest BCUT2D eigenvalue weighted by Crippen LogP contribution is 2.19. The monoisotopic (exact) mass is 208 g/mol. The summed E-state index contributed by atoms with van der Waals surface area (Å²) >= 11 is 0. The summed E-state index contributed by atoms with van der Waals surface area (Å²) in [6.07, 6.45) is 11.1. The summed E-state index contributed by atoms with van der Waals surface area (Å²) in [5, 5.41) is 0. The van der Waals surface area contributed by atoms with Crippen LogP contribution in [0.25, 0.3) is 0 Å². The molecular weight excluding hydrogens is 180 g/mol. The van der Waals surface area contributed by atoms with Gasteiger partial charge in [-0.2, -0.15) is 0 Å². The minimum Gasteiger partial charge on any atom is -0.100 e. The van der Waals surface area contributed by atoms with E-state index in [1.165, 1.54) is 37.7 Å². The number of allylic oxidation sites excluding steroid dienone is 3. The molecule has 0 radical (unpaired) electrons. The van der Waals surface area contributed by atoms with Crippen molar-refractivity contribution in [1.29, 1.82) is 0 Å². The second kappa shape index (κ2) is 8.76. The zero-order valence-corrected chi connectivity index (χ0v) is 11.1.